The second kappa shape index (κ2) is 10.1. The van der Waals surface area contributed by atoms with E-state index < -0.39 is 0 Å². The molecule has 1 aromatic heterocycles. The zero-order chi connectivity index (χ0) is 23.2. The number of amides is 1. The highest BCUT2D eigenvalue weighted by molar-refractivity contribution is 7.09. The predicted octanol–water partition coefficient (Wildman–Crippen LogP) is 4.71. The number of ether oxygens (including phenoxy) is 2. The number of carbonyl (C=O) groups is 1. The van der Waals surface area contributed by atoms with Gasteiger partial charge >= 0.3 is 4.87 Å². The molecule has 1 amide bonds. The van der Waals surface area contributed by atoms with Gasteiger partial charge < -0.3 is 19.9 Å². The molecule has 0 aliphatic carbocycles. The number of methoxy groups -OCH3 is 1. The van der Waals surface area contributed by atoms with Crippen molar-refractivity contribution in [3.63, 3.8) is 0 Å². The number of H-pyrrole nitrogens is 1. The molecule has 4 aromatic rings. The number of thiazole rings is 1. The fourth-order valence-corrected chi connectivity index (χ4v) is 4.10. The van der Waals surface area contributed by atoms with Gasteiger partial charge in [0, 0.05) is 17.7 Å². The quantitative estimate of drug-likeness (QED) is 0.352. The molecule has 0 saturated heterocycles. The molecule has 0 aliphatic heterocycles. The van der Waals surface area contributed by atoms with Gasteiger partial charge in [-0.25, -0.2) is 0 Å². The van der Waals surface area contributed by atoms with Crippen molar-refractivity contribution in [2.45, 2.75) is 12.8 Å². The maximum Gasteiger partial charge on any atom is 0.307 e. The minimum Gasteiger partial charge on any atom is -0.496 e. The normalized spacial score (nSPS) is 10.6. The van der Waals surface area contributed by atoms with Crippen molar-refractivity contribution in [3.05, 3.63) is 98.5 Å². The predicted molar refractivity (Wildman–Crippen MR) is 128 cm³/mol. The van der Waals surface area contributed by atoms with Crippen LogP contribution in [-0.4, -0.2) is 23.1 Å². The second-order valence-electron chi connectivity index (χ2n) is 7.27. The summed E-state index contributed by atoms with van der Waals surface area (Å²) in [5.74, 6) is 1.67. The molecular formula is C25H22N2O5S. The monoisotopic (exact) mass is 462 g/mol. The zero-order valence-corrected chi connectivity index (χ0v) is 18.6. The Morgan fingerprint density at radius 1 is 1.03 bits per heavy atom. The lowest BCUT2D eigenvalue weighted by atomic mass is 10.0. The number of hydrogen-bond donors (Lipinski definition) is 3. The molecule has 0 unspecified atom stereocenters. The van der Waals surface area contributed by atoms with Crippen molar-refractivity contribution < 1.29 is 19.4 Å². The standard InChI is InChI=1S/C25H22N2O5S/c1-31-21-12-7-16(14-22-24(29)27-25(30)33-22)13-17(21)15-23(28)26-18-8-10-20(11-9-18)32-19-5-3-2-4-6-19/h2-13,29H,14-15H2,1H3,(H,26,28)(H,27,30). The van der Waals surface area contributed by atoms with E-state index in [0.717, 1.165) is 22.6 Å². The van der Waals surface area contributed by atoms with Gasteiger partial charge in [0.25, 0.3) is 0 Å². The van der Waals surface area contributed by atoms with E-state index in [-0.39, 0.29) is 23.1 Å². The fraction of sp³-hybridized carbons (Fsp3) is 0.120. The molecule has 0 saturated carbocycles. The summed E-state index contributed by atoms with van der Waals surface area (Å²) in [6.07, 6.45) is 0.478. The molecule has 0 radical (unpaired) electrons. The van der Waals surface area contributed by atoms with Crippen LogP contribution in [0.5, 0.6) is 23.1 Å². The van der Waals surface area contributed by atoms with Crippen LogP contribution in [0.15, 0.2) is 77.6 Å². The highest BCUT2D eigenvalue weighted by Crippen LogP contribution is 2.26. The van der Waals surface area contributed by atoms with Crippen molar-refractivity contribution in [1.82, 2.24) is 4.98 Å². The lowest BCUT2D eigenvalue weighted by molar-refractivity contribution is -0.115. The van der Waals surface area contributed by atoms with Gasteiger partial charge in [0.1, 0.15) is 17.2 Å². The fourth-order valence-electron chi connectivity index (χ4n) is 3.35. The molecule has 0 fully saturated rings. The Morgan fingerprint density at radius 2 is 1.76 bits per heavy atom. The molecule has 0 aliphatic rings. The minimum atomic E-state index is -0.309. The van der Waals surface area contributed by atoms with Crippen LogP contribution in [0.3, 0.4) is 0 Å². The van der Waals surface area contributed by atoms with Gasteiger partial charge in [0.15, 0.2) is 0 Å². The smallest absolute Gasteiger partial charge is 0.307 e. The molecule has 3 N–H and O–H groups in total. The number of aromatic hydroxyl groups is 1. The molecule has 0 atom stereocenters. The van der Waals surface area contributed by atoms with Gasteiger partial charge in [0.05, 0.1) is 18.4 Å². The van der Waals surface area contributed by atoms with Crippen molar-refractivity contribution >= 4 is 22.9 Å². The number of hydrogen-bond acceptors (Lipinski definition) is 6. The zero-order valence-electron chi connectivity index (χ0n) is 17.8. The summed E-state index contributed by atoms with van der Waals surface area (Å²) in [4.78, 5) is 26.7. The number of carbonyl (C=O) groups excluding carboxylic acids is 1. The Labute approximate surface area is 194 Å². The van der Waals surface area contributed by atoms with Crippen molar-refractivity contribution in [1.29, 1.82) is 0 Å². The first-order chi connectivity index (χ1) is 16.0. The van der Waals surface area contributed by atoms with Gasteiger partial charge in [-0.1, -0.05) is 41.7 Å². The van der Waals surface area contributed by atoms with E-state index in [0.29, 0.717) is 34.0 Å². The number of para-hydroxylation sites is 1. The van der Waals surface area contributed by atoms with Crippen LogP contribution in [-0.2, 0) is 17.6 Å². The average Bonchev–Trinajstić information content (AvgIpc) is 3.12. The van der Waals surface area contributed by atoms with Crippen LogP contribution in [0.25, 0.3) is 0 Å². The van der Waals surface area contributed by atoms with Gasteiger partial charge in [-0.2, -0.15) is 0 Å². The number of rotatable bonds is 8. The van der Waals surface area contributed by atoms with Crippen molar-refractivity contribution in [2.75, 3.05) is 12.4 Å². The molecule has 3 aromatic carbocycles. The van der Waals surface area contributed by atoms with Gasteiger partial charge in [-0.15, -0.1) is 0 Å². The molecule has 168 valence electrons. The summed E-state index contributed by atoms with van der Waals surface area (Å²) < 4.78 is 11.2. The summed E-state index contributed by atoms with van der Waals surface area (Å²) in [6, 6.07) is 22.1. The number of aromatic nitrogens is 1. The Balaban J connectivity index is 1.42. The minimum absolute atomic E-state index is 0.106. The lowest BCUT2D eigenvalue weighted by Gasteiger charge is -2.12. The third kappa shape index (κ3) is 5.81. The second-order valence-corrected chi connectivity index (χ2v) is 8.34. The Kier molecular flexibility index (Phi) is 6.75. The first-order valence-electron chi connectivity index (χ1n) is 10.2. The lowest BCUT2D eigenvalue weighted by Crippen LogP contribution is -2.15. The number of aromatic amines is 1. The maximum atomic E-state index is 12.7. The summed E-state index contributed by atoms with van der Waals surface area (Å²) in [7, 11) is 1.55. The van der Waals surface area contributed by atoms with Crippen LogP contribution in [0.2, 0.25) is 0 Å². The number of anilines is 1. The molecule has 7 nitrogen and oxygen atoms in total. The van der Waals surface area contributed by atoms with Gasteiger partial charge in [-0.05, 0) is 48.0 Å². The van der Waals surface area contributed by atoms with Crippen LogP contribution < -0.4 is 19.7 Å². The molecule has 33 heavy (non-hydrogen) atoms. The largest absolute Gasteiger partial charge is 0.496 e. The van der Waals surface area contributed by atoms with Crippen LogP contribution in [0.4, 0.5) is 5.69 Å². The van der Waals surface area contributed by atoms with E-state index in [2.05, 4.69) is 10.3 Å². The Bertz CT molecular complexity index is 1300. The Hall–Kier alpha value is -4.04. The summed E-state index contributed by atoms with van der Waals surface area (Å²) in [6.45, 7) is 0. The summed E-state index contributed by atoms with van der Waals surface area (Å²) >= 11 is 0.960. The molecule has 8 heteroatoms. The average molecular weight is 463 g/mol. The molecule has 1 heterocycles. The topological polar surface area (TPSA) is 101 Å². The maximum absolute atomic E-state index is 12.7. The summed E-state index contributed by atoms with van der Waals surface area (Å²) in [5.41, 5.74) is 2.21. The van der Waals surface area contributed by atoms with Crippen molar-refractivity contribution in [2.24, 2.45) is 0 Å². The summed E-state index contributed by atoms with van der Waals surface area (Å²) in [5, 5.41) is 12.7. The van der Waals surface area contributed by atoms with Gasteiger partial charge in [-0.3, -0.25) is 14.6 Å². The highest BCUT2D eigenvalue weighted by Gasteiger charge is 2.13. The van der Waals surface area contributed by atoms with Crippen LogP contribution in [0.1, 0.15) is 16.0 Å². The Morgan fingerprint density at radius 3 is 2.42 bits per heavy atom. The van der Waals surface area contributed by atoms with E-state index in [1.54, 1.807) is 37.4 Å². The molecule has 0 bridgehead atoms. The third-order valence-electron chi connectivity index (χ3n) is 4.88. The number of nitrogens with one attached hydrogen (secondary N) is 2. The van der Waals surface area contributed by atoms with Gasteiger partial charge in [0.2, 0.25) is 11.8 Å². The third-order valence-corrected chi connectivity index (χ3v) is 5.75. The molecule has 0 spiro atoms. The first-order valence-corrected chi connectivity index (χ1v) is 11.0. The van der Waals surface area contributed by atoms with Crippen molar-refractivity contribution in [3.8, 4) is 23.1 Å². The number of benzene rings is 3. The van der Waals surface area contributed by atoms with Crippen LogP contribution in [0, 0.1) is 0 Å². The highest BCUT2D eigenvalue weighted by atomic mass is 32.1. The van der Waals surface area contributed by atoms with E-state index in [9.17, 15) is 14.7 Å². The first kappa shape index (κ1) is 22.2. The molecular weight excluding hydrogens is 440 g/mol. The van der Waals surface area contributed by atoms with E-state index in [4.69, 9.17) is 9.47 Å². The van der Waals surface area contributed by atoms with Crippen LogP contribution >= 0.6 is 11.3 Å². The van der Waals surface area contributed by atoms with E-state index >= 15 is 0 Å². The SMILES string of the molecule is COc1ccc(Cc2sc(=O)[nH]c2O)cc1CC(=O)Nc1ccc(Oc2ccccc2)cc1. The van der Waals surface area contributed by atoms with E-state index in [1.165, 1.54) is 0 Å². The van der Waals surface area contributed by atoms with E-state index in [1.807, 2.05) is 42.5 Å². The molecule has 4 rings (SSSR count).